The molecular weight excluding hydrogens is 248 g/mol. The summed E-state index contributed by atoms with van der Waals surface area (Å²) in [7, 11) is 0. The van der Waals surface area contributed by atoms with Crippen LogP contribution < -0.4 is 5.73 Å². The second-order valence-electron chi connectivity index (χ2n) is 7.24. The maximum atomic E-state index is 12.8. The zero-order valence-corrected chi connectivity index (χ0v) is 13.4. The van der Waals surface area contributed by atoms with Crippen molar-refractivity contribution < 1.29 is 4.79 Å². The van der Waals surface area contributed by atoms with Gasteiger partial charge in [-0.25, -0.2) is 0 Å². The lowest BCUT2D eigenvalue weighted by Gasteiger charge is -2.39. The van der Waals surface area contributed by atoms with E-state index in [4.69, 9.17) is 5.73 Å². The van der Waals surface area contributed by atoms with Crippen molar-refractivity contribution in [1.29, 1.82) is 0 Å². The molecule has 116 valence electrons. The lowest BCUT2D eigenvalue weighted by molar-refractivity contribution is -0.138. The predicted octanol–water partition coefficient (Wildman–Crippen LogP) is 3.32. The fourth-order valence-corrected chi connectivity index (χ4v) is 4.17. The number of rotatable bonds is 3. The average molecular weight is 280 g/mol. The molecule has 0 aromatic carbocycles. The summed E-state index contributed by atoms with van der Waals surface area (Å²) in [5.74, 6) is 1.65. The first-order valence-corrected chi connectivity index (χ1v) is 8.63. The van der Waals surface area contributed by atoms with Gasteiger partial charge in [-0.1, -0.05) is 39.5 Å². The molecule has 3 atom stereocenters. The van der Waals surface area contributed by atoms with Crippen LogP contribution >= 0.6 is 0 Å². The van der Waals surface area contributed by atoms with E-state index in [2.05, 4.69) is 18.7 Å². The van der Waals surface area contributed by atoms with Crippen LogP contribution in [0.3, 0.4) is 0 Å². The van der Waals surface area contributed by atoms with Crippen LogP contribution in [-0.2, 0) is 4.79 Å². The molecule has 1 aliphatic heterocycles. The van der Waals surface area contributed by atoms with Gasteiger partial charge in [-0.15, -0.1) is 0 Å². The van der Waals surface area contributed by atoms with E-state index in [9.17, 15) is 4.79 Å². The SMILES string of the molecule is CCCC1CCCN(C(=O)C2(N)CCCC(C)C2)CC1. The Bertz CT molecular complexity index is 331. The summed E-state index contributed by atoms with van der Waals surface area (Å²) >= 11 is 0. The van der Waals surface area contributed by atoms with E-state index in [1.165, 1.54) is 32.1 Å². The molecule has 1 aliphatic carbocycles. The van der Waals surface area contributed by atoms with Gasteiger partial charge in [0, 0.05) is 13.1 Å². The van der Waals surface area contributed by atoms with Crippen molar-refractivity contribution in [3.63, 3.8) is 0 Å². The quantitative estimate of drug-likeness (QED) is 0.862. The summed E-state index contributed by atoms with van der Waals surface area (Å²) in [5.41, 5.74) is 5.91. The third-order valence-corrected chi connectivity index (χ3v) is 5.29. The molecule has 0 radical (unpaired) electrons. The van der Waals surface area contributed by atoms with Gasteiger partial charge in [-0.05, 0) is 43.9 Å². The van der Waals surface area contributed by atoms with Gasteiger partial charge in [0.1, 0.15) is 0 Å². The Hall–Kier alpha value is -0.570. The number of carbonyl (C=O) groups is 1. The van der Waals surface area contributed by atoms with Gasteiger partial charge in [0.05, 0.1) is 5.54 Å². The summed E-state index contributed by atoms with van der Waals surface area (Å²) in [5, 5.41) is 0. The maximum absolute atomic E-state index is 12.8. The van der Waals surface area contributed by atoms with Crippen molar-refractivity contribution in [2.45, 2.75) is 77.2 Å². The molecule has 1 saturated carbocycles. The van der Waals surface area contributed by atoms with E-state index >= 15 is 0 Å². The third-order valence-electron chi connectivity index (χ3n) is 5.29. The van der Waals surface area contributed by atoms with Crippen molar-refractivity contribution in [2.75, 3.05) is 13.1 Å². The average Bonchev–Trinajstić information content (AvgIpc) is 2.64. The zero-order chi connectivity index (χ0) is 14.6. The highest BCUT2D eigenvalue weighted by atomic mass is 16.2. The topological polar surface area (TPSA) is 46.3 Å². The summed E-state index contributed by atoms with van der Waals surface area (Å²) in [6.45, 7) is 6.34. The van der Waals surface area contributed by atoms with Crippen molar-refractivity contribution >= 4 is 5.91 Å². The lowest BCUT2D eigenvalue weighted by Crippen LogP contribution is -2.57. The van der Waals surface area contributed by atoms with Gasteiger partial charge in [0.2, 0.25) is 5.91 Å². The lowest BCUT2D eigenvalue weighted by atomic mass is 9.76. The smallest absolute Gasteiger partial charge is 0.242 e. The highest BCUT2D eigenvalue weighted by molar-refractivity contribution is 5.86. The fraction of sp³-hybridized carbons (Fsp3) is 0.941. The highest BCUT2D eigenvalue weighted by Gasteiger charge is 2.40. The van der Waals surface area contributed by atoms with E-state index in [1.54, 1.807) is 0 Å². The van der Waals surface area contributed by atoms with Gasteiger partial charge in [0.15, 0.2) is 0 Å². The molecule has 1 saturated heterocycles. The molecule has 2 aliphatic rings. The Kier molecular flexibility index (Phi) is 5.48. The second-order valence-corrected chi connectivity index (χ2v) is 7.24. The van der Waals surface area contributed by atoms with Crippen LogP contribution in [0.5, 0.6) is 0 Å². The van der Waals surface area contributed by atoms with E-state index in [0.29, 0.717) is 5.92 Å². The standard InChI is InChI=1S/C17H32N2O/c1-3-6-15-8-5-11-19(12-9-15)16(20)17(18)10-4-7-14(2)13-17/h14-15H,3-13,18H2,1-2H3. The Labute approximate surface area is 124 Å². The molecule has 0 bridgehead atoms. The van der Waals surface area contributed by atoms with Crippen LogP contribution in [0.1, 0.15) is 71.6 Å². The minimum Gasteiger partial charge on any atom is -0.341 e. The van der Waals surface area contributed by atoms with Gasteiger partial charge in [0.25, 0.3) is 0 Å². The molecule has 20 heavy (non-hydrogen) atoms. The number of likely N-dealkylation sites (tertiary alicyclic amines) is 1. The van der Waals surface area contributed by atoms with Crippen molar-refractivity contribution in [3.05, 3.63) is 0 Å². The number of amides is 1. The van der Waals surface area contributed by atoms with Crippen LogP contribution in [0, 0.1) is 11.8 Å². The van der Waals surface area contributed by atoms with Gasteiger partial charge >= 0.3 is 0 Å². The first-order chi connectivity index (χ1) is 9.55. The Balaban J connectivity index is 1.94. The predicted molar refractivity (Wildman–Crippen MR) is 83.4 cm³/mol. The second kappa shape index (κ2) is 6.93. The first kappa shape index (κ1) is 15.8. The molecule has 2 N–H and O–H groups in total. The molecular formula is C17H32N2O. The molecule has 3 heteroatoms. The summed E-state index contributed by atoms with van der Waals surface area (Å²) in [6.07, 6.45) is 10.3. The fourth-order valence-electron chi connectivity index (χ4n) is 4.17. The molecule has 1 amide bonds. The number of nitrogens with zero attached hydrogens (tertiary/aromatic N) is 1. The number of hydrogen-bond donors (Lipinski definition) is 1. The first-order valence-electron chi connectivity index (χ1n) is 8.63. The van der Waals surface area contributed by atoms with E-state index in [0.717, 1.165) is 44.7 Å². The largest absolute Gasteiger partial charge is 0.341 e. The Morgan fingerprint density at radius 1 is 1.25 bits per heavy atom. The van der Waals surface area contributed by atoms with Gasteiger partial charge in [-0.2, -0.15) is 0 Å². The summed E-state index contributed by atoms with van der Waals surface area (Å²) in [4.78, 5) is 14.9. The Morgan fingerprint density at radius 3 is 2.75 bits per heavy atom. The molecule has 3 nitrogen and oxygen atoms in total. The van der Waals surface area contributed by atoms with Gasteiger partial charge < -0.3 is 10.6 Å². The Morgan fingerprint density at radius 2 is 2.05 bits per heavy atom. The molecule has 0 aromatic heterocycles. The number of nitrogens with two attached hydrogens (primary N) is 1. The van der Waals surface area contributed by atoms with Crippen LogP contribution in [0.15, 0.2) is 0 Å². The van der Waals surface area contributed by atoms with Crippen LogP contribution in [-0.4, -0.2) is 29.4 Å². The molecule has 2 rings (SSSR count). The van der Waals surface area contributed by atoms with Crippen molar-refractivity contribution in [2.24, 2.45) is 17.6 Å². The highest BCUT2D eigenvalue weighted by Crippen LogP contribution is 2.33. The molecule has 0 aromatic rings. The molecule has 0 spiro atoms. The minimum atomic E-state index is -0.567. The van der Waals surface area contributed by atoms with Crippen molar-refractivity contribution in [3.8, 4) is 0 Å². The minimum absolute atomic E-state index is 0.237. The zero-order valence-electron chi connectivity index (χ0n) is 13.4. The van der Waals surface area contributed by atoms with Crippen LogP contribution in [0.2, 0.25) is 0 Å². The van der Waals surface area contributed by atoms with Crippen molar-refractivity contribution in [1.82, 2.24) is 4.90 Å². The van der Waals surface area contributed by atoms with Crippen LogP contribution in [0.4, 0.5) is 0 Å². The molecule has 1 heterocycles. The third kappa shape index (κ3) is 3.75. The van der Waals surface area contributed by atoms with E-state index < -0.39 is 5.54 Å². The maximum Gasteiger partial charge on any atom is 0.242 e. The number of hydrogen-bond acceptors (Lipinski definition) is 2. The van der Waals surface area contributed by atoms with Crippen LogP contribution in [0.25, 0.3) is 0 Å². The number of carbonyl (C=O) groups excluding carboxylic acids is 1. The van der Waals surface area contributed by atoms with Gasteiger partial charge in [-0.3, -0.25) is 4.79 Å². The van der Waals surface area contributed by atoms with E-state index in [1.807, 2.05) is 0 Å². The monoisotopic (exact) mass is 280 g/mol. The summed E-state index contributed by atoms with van der Waals surface area (Å²) in [6, 6.07) is 0. The van der Waals surface area contributed by atoms with E-state index in [-0.39, 0.29) is 5.91 Å². The molecule has 3 unspecified atom stereocenters. The molecule has 2 fully saturated rings. The normalized spacial score (nSPS) is 35.6. The summed E-state index contributed by atoms with van der Waals surface area (Å²) < 4.78 is 0.